The van der Waals surface area contributed by atoms with Crippen LogP contribution in [0.15, 0.2) is 78.9 Å². The number of methoxy groups -OCH3 is 1. The lowest BCUT2D eigenvalue weighted by atomic mass is 9.93. The molecule has 0 atom stereocenters. The number of hydrogen-bond acceptors (Lipinski definition) is 4. The van der Waals surface area contributed by atoms with Crippen molar-refractivity contribution < 1.29 is 23.8 Å². The summed E-state index contributed by atoms with van der Waals surface area (Å²) >= 11 is 6.66. The minimum absolute atomic E-state index is 0.0580. The van der Waals surface area contributed by atoms with E-state index in [4.69, 9.17) is 16.3 Å². The van der Waals surface area contributed by atoms with Crippen molar-refractivity contribution >= 4 is 34.5 Å². The van der Waals surface area contributed by atoms with Gasteiger partial charge in [-0.25, -0.2) is 14.2 Å². The molecule has 0 aliphatic carbocycles. The number of ether oxygens (including phenoxy) is 1. The number of aryl methyl sites for hydroxylation is 1. The molecule has 5 aromatic rings. The molecule has 0 saturated heterocycles. The average molecular weight is 600 g/mol. The van der Waals surface area contributed by atoms with Crippen LogP contribution in [0.4, 0.5) is 4.39 Å². The lowest BCUT2D eigenvalue weighted by Gasteiger charge is -2.22. The Morgan fingerprint density at radius 2 is 1.79 bits per heavy atom. The number of aromatic amines is 1. The summed E-state index contributed by atoms with van der Waals surface area (Å²) in [5, 5.41) is 10.5. The number of amides is 1. The Bertz CT molecular complexity index is 1790. The molecule has 9 heteroatoms. The fraction of sp³-hybridized carbons (Fsp3) is 0.206. The van der Waals surface area contributed by atoms with Gasteiger partial charge in [-0.1, -0.05) is 60.1 Å². The standard InChI is InChI=1S/C34H31ClFN3O4/c1-3-39(17-8-7-12-21-10-5-4-6-11-21)33(40)22-15-16-23(25(18-22)34(41)42)31-24(13-9-14-26(31)35)32-37-28-19-27(36)30(43-2)20-29(28)38-32/h4-6,9-11,13-16,18-20H,3,7-8,12,17H2,1-2H3,(H,37,38)(H,41,42). The smallest absolute Gasteiger partial charge is 0.336 e. The number of imidazole rings is 1. The summed E-state index contributed by atoms with van der Waals surface area (Å²) in [5.74, 6) is -1.53. The van der Waals surface area contributed by atoms with Crippen LogP contribution in [-0.4, -0.2) is 52.1 Å². The van der Waals surface area contributed by atoms with Gasteiger partial charge in [-0.15, -0.1) is 0 Å². The molecule has 7 nitrogen and oxygen atoms in total. The Kier molecular flexibility index (Phi) is 9.07. The SMILES string of the molecule is CCN(CCCCc1ccccc1)C(=O)c1ccc(-c2c(Cl)cccc2-c2nc3cc(OC)c(F)cc3[nH]2)c(C(=O)O)c1. The number of halogens is 2. The molecule has 0 saturated carbocycles. The molecule has 1 aromatic heterocycles. The molecule has 0 aliphatic heterocycles. The van der Waals surface area contributed by atoms with Crippen molar-refractivity contribution in [2.24, 2.45) is 0 Å². The zero-order chi connectivity index (χ0) is 30.5. The number of aromatic carboxylic acids is 1. The normalized spacial score (nSPS) is 11.1. The van der Waals surface area contributed by atoms with E-state index in [1.165, 1.54) is 30.9 Å². The van der Waals surface area contributed by atoms with Crippen molar-refractivity contribution in [1.82, 2.24) is 14.9 Å². The highest BCUT2D eigenvalue weighted by Crippen LogP contribution is 2.39. The van der Waals surface area contributed by atoms with E-state index in [-0.39, 0.29) is 22.8 Å². The van der Waals surface area contributed by atoms with Crippen LogP contribution in [0.1, 0.15) is 46.0 Å². The third-order valence-corrected chi connectivity index (χ3v) is 7.76. The number of carboxylic acids is 1. The Morgan fingerprint density at radius 1 is 1.00 bits per heavy atom. The van der Waals surface area contributed by atoms with E-state index in [9.17, 15) is 19.1 Å². The highest BCUT2D eigenvalue weighted by Gasteiger charge is 2.23. The first-order chi connectivity index (χ1) is 20.8. The van der Waals surface area contributed by atoms with Crippen LogP contribution in [-0.2, 0) is 6.42 Å². The van der Waals surface area contributed by atoms with Gasteiger partial charge in [0.1, 0.15) is 5.82 Å². The molecule has 0 aliphatic rings. The molecule has 0 spiro atoms. The second-order valence-corrected chi connectivity index (χ2v) is 10.6. The molecule has 43 heavy (non-hydrogen) atoms. The highest BCUT2D eigenvalue weighted by atomic mass is 35.5. The van der Waals surface area contributed by atoms with Crippen molar-refractivity contribution in [3.05, 3.63) is 106 Å². The molecular weight excluding hydrogens is 569 g/mol. The molecule has 0 fully saturated rings. The summed E-state index contributed by atoms with van der Waals surface area (Å²) in [6.07, 6.45) is 2.69. The number of fused-ring (bicyclic) bond motifs is 1. The second-order valence-electron chi connectivity index (χ2n) is 10.1. The monoisotopic (exact) mass is 599 g/mol. The maximum Gasteiger partial charge on any atom is 0.336 e. The maximum absolute atomic E-state index is 14.3. The third kappa shape index (κ3) is 6.39. The van der Waals surface area contributed by atoms with E-state index in [0.717, 1.165) is 19.3 Å². The van der Waals surface area contributed by atoms with Crippen molar-refractivity contribution in [2.75, 3.05) is 20.2 Å². The van der Waals surface area contributed by atoms with E-state index in [0.29, 0.717) is 51.7 Å². The molecule has 1 heterocycles. The minimum atomic E-state index is -1.20. The number of hydrogen-bond donors (Lipinski definition) is 2. The van der Waals surface area contributed by atoms with Gasteiger partial charge in [-0.3, -0.25) is 4.79 Å². The number of H-pyrrole nitrogens is 1. The van der Waals surface area contributed by atoms with Crippen LogP contribution in [0.3, 0.4) is 0 Å². The number of carbonyl (C=O) groups is 2. The zero-order valence-corrected chi connectivity index (χ0v) is 24.6. The topological polar surface area (TPSA) is 95.5 Å². The molecular formula is C34H31ClFN3O4. The van der Waals surface area contributed by atoms with Gasteiger partial charge in [-0.2, -0.15) is 0 Å². The van der Waals surface area contributed by atoms with Gasteiger partial charge in [0.15, 0.2) is 11.6 Å². The van der Waals surface area contributed by atoms with Gasteiger partial charge in [0.2, 0.25) is 0 Å². The highest BCUT2D eigenvalue weighted by molar-refractivity contribution is 6.34. The van der Waals surface area contributed by atoms with E-state index in [1.807, 2.05) is 25.1 Å². The van der Waals surface area contributed by atoms with Crippen LogP contribution < -0.4 is 4.74 Å². The number of carboxylic acid groups (broad SMARTS) is 1. The Labute approximate surface area is 253 Å². The zero-order valence-electron chi connectivity index (χ0n) is 23.9. The van der Waals surface area contributed by atoms with Gasteiger partial charge in [0.05, 0.1) is 23.7 Å². The third-order valence-electron chi connectivity index (χ3n) is 7.45. The molecule has 0 radical (unpaired) electrons. The van der Waals surface area contributed by atoms with E-state index in [2.05, 4.69) is 22.1 Å². The second kappa shape index (κ2) is 13.1. The summed E-state index contributed by atoms with van der Waals surface area (Å²) < 4.78 is 19.4. The van der Waals surface area contributed by atoms with Crippen LogP contribution in [0.5, 0.6) is 5.75 Å². The fourth-order valence-electron chi connectivity index (χ4n) is 5.22. The molecule has 5 rings (SSSR count). The van der Waals surface area contributed by atoms with Gasteiger partial charge in [0, 0.05) is 46.9 Å². The van der Waals surface area contributed by atoms with E-state index < -0.39 is 11.8 Å². The first-order valence-corrected chi connectivity index (χ1v) is 14.4. The maximum atomic E-state index is 14.3. The van der Waals surface area contributed by atoms with Gasteiger partial charge in [-0.05, 0) is 55.5 Å². The quantitative estimate of drug-likeness (QED) is 0.151. The number of unbranched alkanes of at least 4 members (excludes halogenated alkanes) is 1. The lowest BCUT2D eigenvalue weighted by molar-refractivity contribution is 0.0697. The Balaban J connectivity index is 1.45. The van der Waals surface area contributed by atoms with Crippen molar-refractivity contribution in [1.29, 1.82) is 0 Å². The first kappa shape index (κ1) is 29.8. The molecule has 220 valence electrons. The number of nitrogens with one attached hydrogen (secondary N) is 1. The fourth-order valence-corrected chi connectivity index (χ4v) is 5.50. The summed E-state index contributed by atoms with van der Waals surface area (Å²) in [7, 11) is 1.38. The molecule has 1 amide bonds. The molecule has 4 aromatic carbocycles. The number of aromatic nitrogens is 2. The van der Waals surface area contributed by atoms with Crippen LogP contribution >= 0.6 is 11.6 Å². The van der Waals surface area contributed by atoms with Crippen LogP contribution in [0.25, 0.3) is 33.5 Å². The number of benzene rings is 4. The van der Waals surface area contributed by atoms with Gasteiger partial charge >= 0.3 is 5.97 Å². The molecule has 0 unspecified atom stereocenters. The summed E-state index contributed by atoms with van der Waals surface area (Å²) in [6.45, 7) is 2.98. The Hall–Kier alpha value is -4.69. The molecule has 0 bridgehead atoms. The number of rotatable bonds is 11. The van der Waals surface area contributed by atoms with Crippen LogP contribution in [0, 0.1) is 5.82 Å². The number of nitrogens with zero attached hydrogens (tertiary/aromatic N) is 2. The van der Waals surface area contributed by atoms with Crippen molar-refractivity contribution in [3.8, 4) is 28.3 Å². The van der Waals surface area contributed by atoms with Crippen molar-refractivity contribution in [3.63, 3.8) is 0 Å². The summed E-state index contributed by atoms with van der Waals surface area (Å²) in [4.78, 5) is 35.4. The summed E-state index contributed by atoms with van der Waals surface area (Å²) in [5.41, 5.74) is 3.68. The predicted octanol–water partition coefficient (Wildman–Crippen LogP) is 7.88. The average Bonchev–Trinajstić information content (AvgIpc) is 3.43. The first-order valence-electron chi connectivity index (χ1n) is 14.0. The molecule has 2 N–H and O–H groups in total. The van der Waals surface area contributed by atoms with E-state index in [1.54, 1.807) is 35.2 Å². The van der Waals surface area contributed by atoms with E-state index >= 15 is 0 Å². The lowest BCUT2D eigenvalue weighted by Crippen LogP contribution is -2.32. The Morgan fingerprint density at radius 3 is 2.51 bits per heavy atom. The van der Waals surface area contributed by atoms with Crippen molar-refractivity contribution in [2.45, 2.75) is 26.2 Å². The van der Waals surface area contributed by atoms with Gasteiger partial charge < -0.3 is 19.7 Å². The minimum Gasteiger partial charge on any atom is -0.494 e. The summed E-state index contributed by atoms with van der Waals surface area (Å²) in [6, 6.07) is 22.8. The predicted molar refractivity (Wildman–Crippen MR) is 166 cm³/mol. The number of carbonyl (C=O) groups excluding carboxylic acids is 1. The largest absolute Gasteiger partial charge is 0.494 e. The van der Waals surface area contributed by atoms with Crippen LogP contribution in [0.2, 0.25) is 5.02 Å². The van der Waals surface area contributed by atoms with Gasteiger partial charge in [0.25, 0.3) is 5.91 Å².